The number of nitrogens with one attached hydrogen (secondary N) is 1. The Morgan fingerprint density at radius 3 is 2.57 bits per heavy atom. The second-order valence-electron chi connectivity index (χ2n) is 7.61. The highest BCUT2D eigenvalue weighted by Gasteiger charge is 2.26. The molecule has 7 nitrogen and oxygen atoms in total. The van der Waals surface area contributed by atoms with Crippen LogP contribution >= 0.6 is 11.3 Å². The summed E-state index contributed by atoms with van der Waals surface area (Å²) in [5.41, 5.74) is 1.77. The summed E-state index contributed by atoms with van der Waals surface area (Å²) in [4.78, 5) is 14.3. The first-order chi connectivity index (χ1) is 14.2. The van der Waals surface area contributed by atoms with Crippen LogP contribution in [-0.4, -0.2) is 53.8 Å². The van der Waals surface area contributed by atoms with E-state index in [9.17, 15) is 17.6 Å². The zero-order chi connectivity index (χ0) is 21.5. The molecule has 0 atom stereocenters. The average Bonchev–Trinajstić information content (AvgIpc) is 3.25. The van der Waals surface area contributed by atoms with Crippen molar-refractivity contribution in [2.75, 3.05) is 19.3 Å². The number of aromatic nitrogens is 2. The Labute approximate surface area is 178 Å². The zero-order valence-corrected chi connectivity index (χ0v) is 18.4. The molecule has 1 aliphatic heterocycles. The van der Waals surface area contributed by atoms with Gasteiger partial charge in [0.2, 0.25) is 10.0 Å². The highest BCUT2D eigenvalue weighted by molar-refractivity contribution is 7.88. The topological polar surface area (TPSA) is 84.3 Å². The van der Waals surface area contributed by atoms with E-state index in [1.807, 2.05) is 17.7 Å². The number of piperidine rings is 1. The van der Waals surface area contributed by atoms with Crippen LogP contribution in [-0.2, 0) is 16.6 Å². The van der Waals surface area contributed by atoms with Crippen LogP contribution in [0.15, 0.2) is 30.3 Å². The Balaban J connectivity index is 1.47. The Kier molecular flexibility index (Phi) is 5.65. The molecule has 1 amide bonds. The highest BCUT2D eigenvalue weighted by Crippen LogP contribution is 2.29. The van der Waals surface area contributed by atoms with Gasteiger partial charge in [0.1, 0.15) is 10.6 Å². The summed E-state index contributed by atoms with van der Waals surface area (Å²) in [6.45, 7) is 3.23. The summed E-state index contributed by atoms with van der Waals surface area (Å²) in [6, 6.07) is 8.10. The molecule has 0 aliphatic carbocycles. The first kappa shape index (κ1) is 21.0. The van der Waals surface area contributed by atoms with Crippen LogP contribution in [0.25, 0.3) is 10.2 Å². The number of hydrogen-bond acceptors (Lipinski definition) is 5. The molecule has 0 saturated carbocycles. The molecule has 1 saturated heterocycles. The Bertz CT molecular complexity index is 1180. The van der Waals surface area contributed by atoms with E-state index in [1.54, 1.807) is 12.1 Å². The van der Waals surface area contributed by atoms with Crippen molar-refractivity contribution in [1.82, 2.24) is 19.4 Å². The SMILES string of the molecule is Cc1nn(Cc2ccc(F)cc2)c2sc(C(=O)NC3CCN(S(C)(=O)=O)CC3)cc12. The van der Waals surface area contributed by atoms with Gasteiger partial charge in [0.25, 0.3) is 5.91 Å². The van der Waals surface area contributed by atoms with Crippen molar-refractivity contribution in [2.24, 2.45) is 0 Å². The molecule has 3 aromatic rings. The van der Waals surface area contributed by atoms with Crippen LogP contribution in [0.5, 0.6) is 0 Å². The van der Waals surface area contributed by atoms with Crippen LogP contribution < -0.4 is 5.32 Å². The molecule has 0 unspecified atom stereocenters. The van der Waals surface area contributed by atoms with Gasteiger partial charge in [-0.05, 0) is 43.5 Å². The Hall–Kier alpha value is -2.30. The summed E-state index contributed by atoms with van der Waals surface area (Å²) in [6.07, 6.45) is 2.41. The Morgan fingerprint density at radius 1 is 1.27 bits per heavy atom. The second-order valence-corrected chi connectivity index (χ2v) is 10.6. The lowest BCUT2D eigenvalue weighted by Crippen LogP contribution is -2.46. The molecule has 3 heterocycles. The molecule has 1 N–H and O–H groups in total. The number of aryl methyl sites for hydroxylation is 1. The first-order valence-electron chi connectivity index (χ1n) is 9.68. The smallest absolute Gasteiger partial charge is 0.261 e. The predicted molar refractivity (Wildman–Crippen MR) is 115 cm³/mol. The van der Waals surface area contributed by atoms with Gasteiger partial charge in [0.15, 0.2) is 0 Å². The van der Waals surface area contributed by atoms with Crippen LogP contribution in [0.3, 0.4) is 0 Å². The maximum atomic E-state index is 13.1. The van der Waals surface area contributed by atoms with Crippen molar-refractivity contribution in [2.45, 2.75) is 32.4 Å². The normalized spacial score (nSPS) is 16.2. The fraction of sp³-hybridized carbons (Fsp3) is 0.400. The summed E-state index contributed by atoms with van der Waals surface area (Å²) >= 11 is 1.38. The molecule has 160 valence electrons. The standard InChI is InChI=1S/C20H23FN4O3S2/c1-13-17-11-18(19(26)22-16-7-9-24(10-8-16)30(2,27)28)29-20(17)25(23-13)12-14-3-5-15(21)6-4-14/h3-6,11,16H,7-10,12H2,1-2H3,(H,22,26). The number of fused-ring (bicyclic) bond motifs is 1. The molecule has 30 heavy (non-hydrogen) atoms. The van der Waals surface area contributed by atoms with Gasteiger partial charge in [-0.1, -0.05) is 12.1 Å². The van der Waals surface area contributed by atoms with Crippen LogP contribution in [0.1, 0.15) is 33.8 Å². The molecule has 0 spiro atoms. The van der Waals surface area contributed by atoms with Gasteiger partial charge in [0.05, 0.1) is 23.4 Å². The van der Waals surface area contributed by atoms with Gasteiger partial charge in [-0.3, -0.25) is 9.48 Å². The van der Waals surface area contributed by atoms with Crippen molar-refractivity contribution >= 4 is 37.5 Å². The van der Waals surface area contributed by atoms with Gasteiger partial charge in [-0.25, -0.2) is 17.1 Å². The third-order valence-corrected chi connectivity index (χ3v) is 7.79. The van der Waals surface area contributed by atoms with E-state index in [0.29, 0.717) is 37.4 Å². The van der Waals surface area contributed by atoms with E-state index in [2.05, 4.69) is 10.4 Å². The molecule has 10 heteroatoms. The van der Waals surface area contributed by atoms with Gasteiger partial charge in [-0.2, -0.15) is 5.10 Å². The van der Waals surface area contributed by atoms with E-state index >= 15 is 0 Å². The number of halogens is 1. The number of carbonyl (C=O) groups is 1. The molecule has 1 fully saturated rings. The van der Waals surface area contributed by atoms with Crippen molar-refractivity contribution in [1.29, 1.82) is 0 Å². The van der Waals surface area contributed by atoms with Gasteiger partial charge >= 0.3 is 0 Å². The molecule has 4 rings (SSSR count). The number of amides is 1. The lowest BCUT2D eigenvalue weighted by molar-refractivity contribution is 0.0928. The second kappa shape index (κ2) is 8.09. The number of thiophene rings is 1. The van der Waals surface area contributed by atoms with Crippen molar-refractivity contribution < 1.29 is 17.6 Å². The van der Waals surface area contributed by atoms with E-state index < -0.39 is 10.0 Å². The lowest BCUT2D eigenvalue weighted by atomic mass is 10.1. The monoisotopic (exact) mass is 450 g/mol. The maximum Gasteiger partial charge on any atom is 0.261 e. The summed E-state index contributed by atoms with van der Waals surface area (Å²) in [5.74, 6) is -0.431. The zero-order valence-electron chi connectivity index (χ0n) is 16.8. The predicted octanol–water partition coefficient (Wildman–Crippen LogP) is 2.75. The molecular weight excluding hydrogens is 427 g/mol. The number of nitrogens with zero attached hydrogens (tertiary/aromatic N) is 3. The van der Waals surface area contributed by atoms with Crippen molar-refractivity contribution in [3.63, 3.8) is 0 Å². The molecule has 0 radical (unpaired) electrons. The highest BCUT2D eigenvalue weighted by atomic mass is 32.2. The summed E-state index contributed by atoms with van der Waals surface area (Å²) < 4.78 is 39.7. The largest absolute Gasteiger partial charge is 0.349 e. The fourth-order valence-electron chi connectivity index (χ4n) is 3.68. The molecule has 1 aromatic carbocycles. The van der Waals surface area contributed by atoms with Crippen molar-refractivity contribution in [3.8, 4) is 0 Å². The van der Waals surface area contributed by atoms with Crippen LogP contribution in [0.2, 0.25) is 0 Å². The van der Waals surface area contributed by atoms with Crippen molar-refractivity contribution in [3.05, 3.63) is 52.3 Å². The van der Waals surface area contributed by atoms with E-state index in [4.69, 9.17) is 0 Å². The minimum Gasteiger partial charge on any atom is -0.349 e. The third kappa shape index (κ3) is 4.40. The molecule has 2 aromatic heterocycles. The van der Waals surface area contributed by atoms with E-state index in [0.717, 1.165) is 21.5 Å². The van der Waals surface area contributed by atoms with Crippen LogP contribution in [0, 0.1) is 12.7 Å². The number of sulfonamides is 1. The summed E-state index contributed by atoms with van der Waals surface area (Å²) in [7, 11) is -3.19. The molecule has 0 bridgehead atoms. The van der Waals surface area contributed by atoms with E-state index in [-0.39, 0.29) is 17.8 Å². The van der Waals surface area contributed by atoms with Gasteiger partial charge in [0, 0.05) is 24.5 Å². The van der Waals surface area contributed by atoms with Gasteiger partial charge < -0.3 is 5.32 Å². The first-order valence-corrected chi connectivity index (χ1v) is 12.3. The van der Waals surface area contributed by atoms with E-state index in [1.165, 1.54) is 34.0 Å². The quantitative estimate of drug-likeness (QED) is 0.648. The minimum absolute atomic E-state index is 0.0440. The van der Waals surface area contributed by atoms with Crippen LogP contribution in [0.4, 0.5) is 4.39 Å². The lowest BCUT2D eigenvalue weighted by Gasteiger charge is -2.30. The molecule has 1 aliphatic rings. The number of carbonyl (C=O) groups excluding carboxylic acids is 1. The number of rotatable bonds is 5. The number of benzene rings is 1. The summed E-state index contributed by atoms with van der Waals surface area (Å²) in [5, 5.41) is 8.52. The average molecular weight is 451 g/mol. The third-order valence-electron chi connectivity index (χ3n) is 5.33. The minimum atomic E-state index is -3.19. The number of hydrogen-bond donors (Lipinski definition) is 1. The fourth-order valence-corrected chi connectivity index (χ4v) is 5.62. The van der Waals surface area contributed by atoms with Gasteiger partial charge in [-0.15, -0.1) is 11.3 Å². The maximum absolute atomic E-state index is 13.1. The molecular formula is C20H23FN4O3S2. The Morgan fingerprint density at radius 2 is 1.93 bits per heavy atom.